The van der Waals surface area contributed by atoms with Gasteiger partial charge in [-0.05, 0) is 18.9 Å². The van der Waals surface area contributed by atoms with Crippen molar-refractivity contribution in [2.75, 3.05) is 6.54 Å². The summed E-state index contributed by atoms with van der Waals surface area (Å²) in [5.74, 6) is 0.300. The highest BCUT2D eigenvalue weighted by atomic mass is 16.3. The molecule has 4 heteroatoms. The van der Waals surface area contributed by atoms with Gasteiger partial charge in [0.15, 0.2) is 0 Å². The Morgan fingerprint density at radius 3 is 2.87 bits per heavy atom. The zero-order valence-corrected chi connectivity index (χ0v) is 9.77. The second kappa shape index (κ2) is 5.88. The van der Waals surface area contributed by atoms with Gasteiger partial charge in [-0.1, -0.05) is 13.8 Å². The van der Waals surface area contributed by atoms with Gasteiger partial charge in [0, 0.05) is 25.8 Å². The van der Waals surface area contributed by atoms with E-state index in [1.165, 1.54) is 0 Å². The van der Waals surface area contributed by atoms with Crippen molar-refractivity contribution in [3.63, 3.8) is 0 Å². The van der Waals surface area contributed by atoms with Crippen molar-refractivity contribution in [1.29, 1.82) is 0 Å². The zero-order chi connectivity index (χ0) is 11.3. The molecule has 0 fully saturated rings. The maximum Gasteiger partial charge on any atom is 0.0687 e. The van der Waals surface area contributed by atoms with E-state index in [0.29, 0.717) is 12.5 Å². The Bertz CT molecular complexity index is 283. The van der Waals surface area contributed by atoms with Crippen molar-refractivity contribution in [2.45, 2.75) is 40.0 Å². The first kappa shape index (κ1) is 12.2. The second-order valence-corrected chi connectivity index (χ2v) is 4.08. The van der Waals surface area contributed by atoms with E-state index in [4.69, 9.17) is 0 Å². The Balaban J connectivity index is 2.31. The molecule has 0 aliphatic heterocycles. The molecule has 86 valence electrons. The van der Waals surface area contributed by atoms with Gasteiger partial charge in [-0.3, -0.25) is 4.68 Å². The lowest BCUT2D eigenvalue weighted by atomic mass is 10.1. The predicted molar refractivity (Wildman–Crippen MR) is 60.5 cm³/mol. The largest absolute Gasteiger partial charge is 0.392 e. The Labute approximate surface area is 91.3 Å². The van der Waals surface area contributed by atoms with Gasteiger partial charge in [-0.15, -0.1) is 0 Å². The third kappa shape index (κ3) is 3.64. The lowest BCUT2D eigenvalue weighted by Crippen LogP contribution is -2.30. The number of hydrogen-bond acceptors (Lipinski definition) is 3. The molecule has 0 amide bonds. The second-order valence-electron chi connectivity index (χ2n) is 4.08. The Morgan fingerprint density at radius 2 is 2.27 bits per heavy atom. The summed E-state index contributed by atoms with van der Waals surface area (Å²) in [7, 11) is 0. The molecule has 0 saturated heterocycles. The standard InChI is InChI=1S/C11H21N3O/c1-4-14-10(5-6-13-14)7-12-8-11(15)9(2)3/h5-6,9,11-12,15H,4,7-8H2,1-3H3. The maximum atomic E-state index is 9.60. The summed E-state index contributed by atoms with van der Waals surface area (Å²) in [6, 6.07) is 2.00. The van der Waals surface area contributed by atoms with E-state index in [-0.39, 0.29) is 6.10 Å². The Hall–Kier alpha value is -0.870. The first-order valence-corrected chi connectivity index (χ1v) is 5.54. The van der Waals surface area contributed by atoms with Gasteiger partial charge in [0.05, 0.1) is 11.8 Å². The monoisotopic (exact) mass is 211 g/mol. The number of nitrogens with one attached hydrogen (secondary N) is 1. The number of hydrogen-bond donors (Lipinski definition) is 2. The average Bonchev–Trinajstić information content (AvgIpc) is 2.65. The fourth-order valence-corrected chi connectivity index (χ4v) is 1.38. The molecule has 1 aromatic rings. The highest BCUT2D eigenvalue weighted by molar-refractivity contribution is 4.99. The van der Waals surface area contributed by atoms with Gasteiger partial charge >= 0.3 is 0 Å². The third-order valence-electron chi connectivity index (χ3n) is 2.53. The molecule has 0 saturated carbocycles. The fourth-order valence-electron chi connectivity index (χ4n) is 1.38. The van der Waals surface area contributed by atoms with Crippen molar-refractivity contribution in [3.05, 3.63) is 18.0 Å². The number of aliphatic hydroxyl groups excluding tert-OH is 1. The summed E-state index contributed by atoms with van der Waals surface area (Å²) in [4.78, 5) is 0. The van der Waals surface area contributed by atoms with Crippen LogP contribution in [-0.2, 0) is 13.1 Å². The van der Waals surface area contributed by atoms with E-state index < -0.39 is 0 Å². The summed E-state index contributed by atoms with van der Waals surface area (Å²) in [6.07, 6.45) is 1.53. The van der Waals surface area contributed by atoms with Crippen molar-refractivity contribution in [1.82, 2.24) is 15.1 Å². The van der Waals surface area contributed by atoms with Crippen LogP contribution < -0.4 is 5.32 Å². The van der Waals surface area contributed by atoms with E-state index in [2.05, 4.69) is 17.3 Å². The molecule has 1 heterocycles. The van der Waals surface area contributed by atoms with E-state index >= 15 is 0 Å². The highest BCUT2D eigenvalue weighted by Gasteiger charge is 2.08. The van der Waals surface area contributed by atoms with Crippen molar-refractivity contribution in [2.24, 2.45) is 5.92 Å². The van der Waals surface area contributed by atoms with E-state index in [1.54, 1.807) is 6.20 Å². The Kier molecular flexibility index (Phi) is 4.78. The topological polar surface area (TPSA) is 50.1 Å². The molecule has 2 N–H and O–H groups in total. The lowest BCUT2D eigenvalue weighted by Gasteiger charge is -2.15. The first-order valence-electron chi connectivity index (χ1n) is 5.54. The van der Waals surface area contributed by atoms with Gasteiger partial charge in [0.2, 0.25) is 0 Å². The number of aromatic nitrogens is 2. The van der Waals surface area contributed by atoms with Crippen LogP contribution in [0.2, 0.25) is 0 Å². The molecule has 1 atom stereocenters. The molecule has 1 aromatic heterocycles. The molecule has 0 aliphatic carbocycles. The van der Waals surface area contributed by atoms with Gasteiger partial charge in [-0.25, -0.2) is 0 Å². The molecular formula is C11H21N3O. The Morgan fingerprint density at radius 1 is 1.53 bits per heavy atom. The van der Waals surface area contributed by atoms with Crippen LogP contribution >= 0.6 is 0 Å². The molecule has 1 unspecified atom stereocenters. The number of aliphatic hydroxyl groups is 1. The molecular weight excluding hydrogens is 190 g/mol. The molecule has 0 bridgehead atoms. The van der Waals surface area contributed by atoms with Crippen LogP contribution in [-0.4, -0.2) is 27.5 Å². The van der Waals surface area contributed by atoms with Crippen molar-refractivity contribution < 1.29 is 5.11 Å². The summed E-state index contributed by atoms with van der Waals surface area (Å²) in [5.41, 5.74) is 1.16. The minimum absolute atomic E-state index is 0.275. The van der Waals surface area contributed by atoms with E-state index in [0.717, 1.165) is 18.8 Å². The summed E-state index contributed by atoms with van der Waals surface area (Å²) >= 11 is 0. The third-order valence-corrected chi connectivity index (χ3v) is 2.53. The van der Waals surface area contributed by atoms with Crippen LogP contribution in [0.15, 0.2) is 12.3 Å². The van der Waals surface area contributed by atoms with Crippen LogP contribution in [0.5, 0.6) is 0 Å². The number of aryl methyl sites for hydroxylation is 1. The van der Waals surface area contributed by atoms with Gasteiger partial charge < -0.3 is 10.4 Å². The number of nitrogens with zero attached hydrogens (tertiary/aromatic N) is 2. The molecule has 4 nitrogen and oxygen atoms in total. The van der Waals surface area contributed by atoms with E-state index in [1.807, 2.05) is 24.6 Å². The molecule has 15 heavy (non-hydrogen) atoms. The van der Waals surface area contributed by atoms with Crippen LogP contribution in [0, 0.1) is 5.92 Å². The van der Waals surface area contributed by atoms with Crippen molar-refractivity contribution in [3.8, 4) is 0 Å². The maximum absolute atomic E-state index is 9.60. The molecule has 0 radical (unpaired) electrons. The first-order chi connectivity index (χ1) is 7.15. The smallest absolute Gasteiger partial charge is 0.0687 e. The van der Waals surface area contributed by atoms with Crippen LogP contribution in [0.25, 0.3) is 0 Å². The van der Waals surface area contributed by atoms with Crippen LogP contribution in [0.3, 0.4) is 0 Å². The fraction of sp³-hybridized carbons (Fsp3) is 0.727. The van der Waals surface area contributed by atoms with Crippen LogP contribution in [0.1, 0.15) is 26.5 Å². The molecule has 0 spiro atoms. The normalized spacial score (nSPS) is 13.4. The van der Waals surface area contributed by atoms with E-state index in [9.17, 15) is 5.11 Å². The molecule has 0 aromatic carbocycles. The number of rotatable bonds is 6. The molecule has 0 aliphatic rings. The minimum atomic E-state index is -0.275. The van der Waals surface area contributed by atoms with Crippen LogP contribution in [0.4, 0.5) is 0 Å². The minimum Gasteiger partial charge on any atom is -0.392 e. The van der Waals surface area contributed by atoms with Crippen molar-refractivity contribution >= 4 is 0 Å². The summed E-state index contributed by atoms with van der Waals surface area (Å²) < 4.78 is 1.95. The zero-order valence-electron chi connectivity index (χ0n) is 9.77. The van der Waals surface area contributed by atoms with Gasteiger partial charge in [-0.2, -0.15) is 5.10 Å². The lowest BCUT2D eigenvalue weighted by molar-refractivity contribution is 0.123. The SMILES string of the molecule is CCn1nccc1CNCC(O)C(C)C. The van der Waals surface area contributed by atoms with Gasteiger partial charge in [0.1, 0.15) is 0 Å². The summed E-state index contributed by atoms with van der Waals surface area (Å²) in [5, 5.41) is 17.0. The quantitative estimate of drug-likeness (QED) is 0.738. The van der Waals surface area contributed by atoms with Gasteiger partial charge in [0.25, 0.3) is 0 Å². The molecule has 1 rings (SSSR count). The average molecular weight is 211 g/mol. The predicted octanol–water partition coefficient (Wildman–Crippen LogP) is 1.01. The summed E-state index contributed by atoms with van der Waals surface area (Å²) in [6.45, 7) is 8.38. The highest BCUT2D eigenvalue weighted by Crippen LogP contribution is 2.01.